The van der Waals surface area contributed by atoms with Crippen molar-refractivity contribution in [1.29, 1.82) is 0 Å². The summed E-state index contributed by atoms with van der Waals surface area (Å²) >= 11 is 0. The van der Waals surface area contributed by atoms with Crippen molar-refractivity contribution in [3.05, 3.63) is 0 Å². The molecule has 2 spiro atoms. The van der Waals surface area contributed by atoms with E-state index >= 15 is 0 Å². The molecule has 8 fully saturated rings. The highest BCUT2D eigenvalue weighted by Gasteiger charge is 2.84. The minimum absolute atomic E-state index is 0.0541. The van der Waals surface area contributed by atoms with E-state index in [1.54, 1.807) is 7.11 Å². The zero-order valence-corrected chi connectivity index (χ0v) is 34.2. The van der Waals surface area contributed by atoms with E-state index in [0.717, 1.165) is 32.5 Å². The van der Waals surface area contributed by atoms with E-state index in [9.17, 15) is 5.11 Å². The molecule has 8 nitrogen and oxygen atoms in total. The summed E-state index contributed by atoms with van der Waals surface area (Å²) in [4.78, 5) is 5.21. The molecule has 0 aromatic heterocycles. The van der Waals surface area contributed by atoms with Crippen LogP contribution in [0.5, 0.6) is 0 Å². The van der Waals surface area contributed by atoms with Crippen molar-refractivity contribution in [1.82, 2.24) is 9.80 Å². The molecular weight excluding hydrogens is 640 g/mol. The van der Waals surface area contributed by atoms with E-state index in [1.165, 1.54) is 51.6 Å². The highest BCUT2D eigenvalue weighted by Crippen LogP contribution is 2.89. The average molecular weight is 715 g/mol. The topological polar surface area (TPSA) is 72.9 Å². The summed E-state index contributed by atoms with van der Waals surface area (Å²) in [7, 11) is 1.78. The fourth-order valence-corrected chi connectivity index (χ4v) is 15.2. The molecule has 51 heavy (non-hydrogen) atoms. The van der Waals surface area contributed by atoms with Crippen LogP contribution < -0.4 is 0 Å². The van der Waals surface area contributed by atoms with Gasteiger partial charge in [0, 0.05) is 57.4 Å². The predicted octanol–water partition coefficient (Wildman–Crippen LogP) is 6.77. The standard InChI is InChI=1S/C43H74N2O6/c1-12-48-37(39(7,8)47-11)29-21-27(4)34-35(50-29)36(46)41(10)31-14-13-30-38(5,6)32(15-16-42(30)25-43(31,42)18-17-40(34,41)9)51-33-24-44(19-20-49-33)28-22-45(23-28)26(2)3/h26-37,46H,12-25H2,1-11H3/t27-,29-,30+,31+,32+,33+,34+,35+,36+,37+,40-,41-,42?,43+/m1/s1. The molecule has 8 aliphatic rings. The zero-order valence-electron chi connectivity index (χ0n) is 34.2. The van der Waals surface area contributed by atoms with Crippen molar-refractivity contribution >= 4 is 0 Å². The van der Waals surface area contributed by atoms with Gasteiger partial charge in [0.2, 0.25) is 0 Å². The quantitative estimate of drug-likeness (QED) is 0.281. The van der Waals surface area contributed by atoms with Gasteiger partial charge in [0.1, 0.15) is 6.10 Å². The second-order valence-corrected chi connectivity index (χ2v) is 20.9. The number of methoxy groups -OCH3 is 1. The Bertz CT molecular complexity index is 1300. The maximum absolute atomic E-state index is 12.7. The Hall–Kier alpha value is -0.320. The van der Waals surface area contributed by atoms with Gasteiger partial charge in [0.05, 0.1) is 36.6 Å². The van der Waals surface area contributed by atoms with Gasteiger partial charge >= 0.3 is 0 Å². The molecule has 14 atom stereocenters. The van der Waals surface area contributed by atoms with E-state index in [1.807, 2.05) is 0 Å². The Morgan fingerprint density at radius 1 is 0.961 bits per heavy atom. The molecule has 0 aromatic rings. The smallest absolute Gasteiger partial charge is 0.170 e. The number of likely N-dealkylation sites (tertiary alicyclic amines) is 1. The maximum atomic E-state index is 12.7. The molecule has 3 aliphatic heterocycles. The number of rotatable bonds is 9. The van der Waals surface area contributed by atoms with E-state index < -0.39 is 11.7 Å². The number of morpholine rings is 1. The molecule has 5 aliphatic carbocycles. The molecule has 0 aromatic carbocycles. The minimum Gasteiger partial charge on any atom is -0.390 e. The highest BCUT2D eigenvalue weighted by molar-refractivity contribution is 5.33. The van der Waals surface area contributed by atoms with Gasteiger partial charge in [-0.05, 0) is 131 Å². The number of hydrogen-bond acceptors (Lipinski definition) is 8. The number of aliphatic hydroxyl groups excluding tert-OH is 1. The first kappa shape index (κ1) is 37.6. The van der Waals surface area contributed by atoms with Crippen LogP contribution in [0, 0.1) is 50.7 Å². The molecule has 8 rings (SSSR count). The minimum atomic E-state index is -0.468. The molecule has 1 N–H and O–H groups in total. The third kappa shape index (κ3) is 5.18. The number of hydrogen-bond donors (Lipinski definition) is 1. The fraction of sp³-hybridized carbons (Fsp3) is 1.00. The summed E-state index contributed by atoms with van der Waals surface area (Å²) < 4.78 is 32.8. The van der Waals surface area contributed by atoms with Crippen LogP contribution in [-0.4, -0.2) is 116 Å². The van der Waals surface area contributed by atoms with Crippen molar-refractivity contribution in [3.63, 3.8) is 0 Å². The molecule has 0 bridgehead atoms. The fourth-order valence-electron chi connectivity index (χ4n) is 15.2. The van der Waals surface area contributed by atoms with E-state index in [-0.39, 0.29) is 47.0 Å². The summed E-state index contributed by atoms with van der Waals surface area (Å²) in [6.45, 7) is 29.1. The predicted molar refractivity (Wildman–Crippen MR) is 199 cm³/mol. The lowest BCUT2D eigenvalue weighted by Gasteiger charge is -2.64. The average Bonchev–Trinajstić information content (AvgIpc) is 3.69. The Morgan fingerprint density at radius 2 is 1.67 bits per heavy atom. The first-order valence-corrected chi connectivity index (χ1v) is 21.3. The molecule has 8 heteroatoms. The molecule has 0 amide bonds. The highest BCUT2D eigenvalue weighted by atomic mass is 16.7. The monoisotopic (exact) mass is 715 g/mol. The molecule has 0 radical (unpaired) electrons. The van der Waals surface area contributed by atoms with Gasteiger partial charge < -0.3 is 28.8 Å². The third-order valence-corrected chi connectivity index (χ3v) is 18.2. The summed E-state index contributed by atoms with van der Waals surface area (Å²) in [5.41, 5.74) is 0.225. The third-order valence-electron chi connectivity index (χ3n) is 18.2. The van der Waals surface area contributed by atoms with Crippen molar-refractivity contribution in [2.45, 2.75) is 175 Å². The Kier molecular flexibility index (Phi) is 9.29. The van der Waals surface area contributed by atoms with Crippen LogP contribution in [0.1, 0.15) is 121 Å². The van der Waals surface area contributed by atoms with Crippen LogP contribution in [0.25, 0.3) is 0 Å². The van der Waals surface area contributed by atoms with Gasteiger partial charge in [-0.15, -0.1) is 0 Å². The van der Waals surface area contributed by atoms with Gasteiger partial charge in [0.25, 0.3) is 0 Å². The number of ether oxygens (including phenoxy) is 5. The lowest BCUT2D eigenvalue weighted by molar-refractivity contribution is -0.253. The van der Waals surface area contributed by atoms with Crippen LogP contribution in [-0.2, 0) is 23.7 Å². The van der Waals surface area contributed by atoms with Crippen molar-refractivity contribution < 1.29 is 28.8 Å². The van der Waals surface area contributed by atoms with Crippen LogP contribution in [0.15, 0.2) is 0 Å². The van der Waals surface area contributed by atoms with E-state index in [0.29, 0.717) is 53.2 Å². The van der Waals surface area contributed by atoms with Crippen molar-refractivity contribution in [3.8, 4) is 0 Å². The first-order valence-electron chi connectivity index (χ1n) is 21.3. The lowest BCUT2D eigenvalue weighted by Crippen LogP contribution is -2.64. The summed E-state index contributed by atoms with van der Waals surface area (Å²) in [5, 5.41) is 12.7. The van der Waals surface area contributed by atoms with Gasteiger partial charge in [-0.25, -0.2) is 0 Å². The van der Waals surface area contributed by atoms with Crippen LogP contribution in [0.2, 0.25) is 0 Å². The summed E-state index contributed by atoms with van der Waals surface area (Å²) in [6, 6.07) is 1.27. The molecule has 292 valence electrons. The zero-order chi connectivity index (χ0) is 36.5. The van der Waals surface area contributed by atoms with Crippen LogP contribution in [0.4, 0.5) is 0 Å². The Balaban J connectivity index is 0.992. The Morgan fingerprint density at radius 3 is 2.35 bits per heavy atom. The second-order valence-electron chi connectivity index (χ2n) is 20.9. The van der Waals surface area contributed by atoms with Gasteiger partial charge in [-0.1, -0.05) is 34.6 Å². The number of fused-ring (bicyclic) bond motifs is 4. The number of nitrogens with zero attached hydrogens (tertiary/aromatic N) is 2. The summed E-state index contributed by atoms with van der Waals surface area (Å²) in [6.07, 6.45) is 8.86. The lowest BCUT2D eigenvalue weighted by atomic mass is 9.41. The van der Waals surface area contributed by atoms with E-state index in [4.69, 9.17) is 23.7 Å². The number of aliphatic hydroxyl groups is 1. The van der Waals surface area contributed by atoms with Gasteiger partial charge in [-0.3, -0.25) is 9.80 Å². The largest absolute Gasteiger partial charge is 0.390 e. The maximum Gasteiger partial charge on any atom is 0.170 e. The van der Waals surface area contributed by atoms with Crippen molar-refractivity contribution in [2.75, 3.05) is 46.5 Å². The molecular formula is C43H74N2O6. The Labute approximate surface area is 310 Å². The summed E-state index contributed by atoms with van der Waals surface area (Å²) in [5.74, 6) is 1.99. The first-order chi connectivity index (χ1) is 24.0. The molecule has 5 saturated carbocycles. The van der Waals surface area contributed by atoms with Crippen LogP contribution >= 0.6 is 0 Å². The molecule has 3 heterocycles. The van der Waals surface area contributed by atoms with Gasteiger partial charge in [-0.2, -0.15) is 0 Å². The molecule has 1 unspecified atom stereocenters. The van der Waals surface area contributed by atoms with E-state index in [2.05, 4.69) is 79.0 Å². The SMILES string of the molecule is CCO[C@@H]([C@H]1C[C@@H](C)[C@H]2[C@H](O1)[C@H](O)[C@@]1(C)[C@@H]3CC[C@H]4C(C)(C)[C@@H](O[C@H]5CN(C6CN(C(C)C)C6)CCO5)CCC45C[C@@]35CC[C@]21C)C(C)(C)OC. The molecule has 3 saturated heterocycles. The van der Waals surface area contributed by atoms with Gasteiger partial charge in [0.15, 0.2) is 6.29 Å². The normalized spacial score (nSPS) is 50.4. The second kappa shape index (κ2) is 12.6. The van der Waals surface area contributed by atoms with Crippen LogP contribution in [0.3, 0.4) is 0 Å². The van der Waals surface area contributed by atoms with Crippen molar-refractivity contribution in [2.24, 2.45) is 50.7 Å².